The number of nitrogens with two attached hydrogens (primary N) is 1. The molecule has 0 saturated heterocycles. The molecule has 1 atom stereocenters. The highest BCUT2D eigenvalue weighted by atomic mass is 32.2. The third-order valence-corrected chi connectivity index (χ3v) is 4.16. The first-order chi connectivity index (χ1) is 11.9. The van der Waals surface area contributed by atoms with Crippen LogP contribution in [0.1, 0.15) is 15.9 Å². The lowest BCUT2D eigenvalue weighted by molar-refractivity contribution is 0.100. The maximum atomic E-state index is 13.4. The molecule has 8 heteroatoms. The van der Waals surface area contributed by atoms with Gasteiger partial charge in [-0.15, -0.1) is 0 Å². The third kappa shape index (κ3) is 3.81. The Kier molecular flexibility index (Phi) is 4.73. The molecule has 25 heavy (non-hydrogen) atoms. The summed E-state index contributed by atoms with van der Waals surface area (Å²) in [6.45, 7) is 0. The van der Waals surface area contributed by atoms with E-state index in [2.05, 4.69) is 10.3 Å². The van der Waals surface area contributed by atoms with Crippen LogP contribution in [0.25, 0.3) is 10.9 Å². The van der Waals surface area contributed by atoms with Gasteiger partial charge >= 0.3 is 0 Å². The minimum Gasteiger partial charge on any atom is -0.365 e. The van der Waals surface area contributed by atoms with Gasteiger partial charge in [-0.25, -0.2) is 8.60 Å². The molecule has 0 saturated carbocycles. The van der Waals surface area contributed by atoms with E-state index in [-0.39, 0.29) is 11.3 Å². The van der Waals surface area contributed by atoms with Crippen molar-refractivity contribution in [1.82, 2.24) is 4.98 Å². The summed E-state index contributed by atoms with van der Waals surface area (Å²) >= 11 is -2.00. The Morgan fingerprint density at radius 1 is 1.28 bits per heavy atom. The molecule has 0 radical (unpaired) electrons. The molecular formula is C17H14FN3O3S. The van der Waals surface area contributed by atoms with Crippen molar-refractivity contribution in [3.8, 4) is 0 Å². The van der Waals surface area contributed by atoms with Gasteiger partial charge in [-0.05, 0) is 35.9 Å². The second-order valence-corrected chi connectivity index (χ2v) is 6.30. The molecule has 0 aliphatic carbocycles. The number of hydrogen-bond donors (Lipinski definition) is 3. The zero-order chi connectivity index (χ0) is 18.0. The van der Waals surface area contributed by atoms with Crippen LogP contribution >= 0.6 is 0 Å². The van der Waals surface area contributed by atoms with Crippen molar-refractivity contribution in [3.05, 3.63) is 65.6 Å². The number of anilines is 2. The summed E-state index contributed by atoms with van der Waals surface area (Å²) in [6, 6.07) is 10.8. The Labute approximate surface area is 145 Å². The van der Waals surface area contributed by atoms with E-state index in [1.165, 1.54) is 24.4 Å². The van der Waals surface area contributed by atoms with Crippen molar-refractivity contribution in [2.75, 3.05) is 5.32 Å². The minimum atomic E-state index is -2.00. The van der Waals surface area contributed by atoms with Gasteiger partial charge < -0.3 is 15.6 Å². The van der Waals surface area contributed by atoms with E-state index in [1.54, 1.807) is 24.3 Å². The van der Waals surface area contributed by atoms with E-state index in [0.717, 1.165) is 0 Å². The Balaban J connectivity index is 2.18. The fourth-order valence-electron chi connectivity index (χ4n) is 2.50. The summed E-state index contributed by atoms with van der Waals surface area (Å²) in [5.74, 6) is -1.18. The molecule has 6 nitrogen and oxygen atoms in total. The molecule has 0 bridgehead atoms. The van der Waals surface area contributed by atoms with Gasteiger partial charge in [0.15, 0.2) is 11.1 Å². The molecule has 4 N–H and O–H groups in total. The number of nitrogens with one attached hydrogen (secondary N) is 1. The zero-order valence-corrected chi connectivity index (χ0v) is 13.7. The number of carbonyl (C=O) groups is 1. The second kappa shape index (κ2) is 6.96. The number of halogens is 1. The van der Waals surface area contributed by atoms with Crippen molar-refractivity contribution in [3.63, 3.8) is 0 Å². The number of nitrogens with zero attached hydrogens (tertiary/aromatic N) is 1. The van der Waals surface area contributed by atoms with Gasteiger partial charge in [0, 0.05) is 17.3 Å². The van der Waals surface area contributed by atoms with E-state index < -0.39 is 22.8 Å². The maximum absolute atomic E-state index is 13.4. The average molecular weight is 359 g/mol. The largest absolute Gasteiger partial charge is 0.365 e. The number of amides is 1. The number of primary amides is 1. The van der Waals surface area contributed by atoms with Crippen LogP contribution in [0.5, 0.6) is 0 Å². The summed E-state index contributed by atoms with van der Waals surface area (Å²) in [5.41, 5.74) is 7.53. The Hall–Kier alpha value is -2.84. The van der Waals surface area contributed by atoms with Crippen LogP contribution in [0.4, 0.5) is 15.8 Å². The monoisotopic (exact) mass is 359 g/mol. The summed E-state index contributed by atoms with van der Waals surface area (Å²) < 4.78 is 33.6. The predicted molar refractivity (Wildman–Crippen MR) is 94.4 cm³/mol. The normalized spacial score (nSPS) is 12.1. The molecule has 3 rings (SSSR count). The van der Waals surface area contributed by atoms with E-state index in [9.17, 15) is 13.4 Å². The molecule has 0 aliphatic rings. The lowest BCUT2D eigenvalue weighted by Crippen LogP contribution is -2.14. The molecular weight excluding hydrogens is 345 g/mol. The molecule has 2 aromatic carbocycles. The van der Waals surface area contributed by atoms with Crippen molar-refractivity contribution < 1.29 is 17.9 Å². The highest BCUT2D eigenvalue weighted by molar-refractivity contribution is 7.78. The SMILES string of the molecule is NC(=O)c1cnc2ccc(CS(=O)O)cc2c1Nc1cccc(F)c1. The molecule has 1 amide bonds. The first kappa shape index (κ1) is 17.0. The highest BCUT2D eigenvalue weighted by Crippen LogP contribution is 2.30. The van der Waals surface area contributed by atoms with Crippen LogP contribution in [-0.2, 0) is 16.8 Å². The fourth-order valence-corrected chi connectivity index (χ4v) is 2.97. The second-order valence-electron chi connectivity index (χ2n) is 5.36. The lowest BCUT2D eigenvalue weighted by atomic mass is 10.1. The van der Waals surface area contributed by atoms with Crippen molar-refractivity contribution in [2.45, 2.75) is 5.75 Å². The number of fused-ring (bicyclic) bond motifs is 1. The fraction of sp³-hybridized carbons (Fsp3) is 0.0588. The number of benzene rings is 2. The Morgan fingerprint density at radius 2 is 2.08 bits per heavy atom. The molecule has 128 valence electrons. The van der Waals surface area contributed by atoms with Gasteiger partial charge in [0.25, 0.3) is 5.91 Å². The molecule has 0 fully saturated rings. The molecule has 1 unspecified atom stereocenters. The topological polar surface area (TPSA) is 105 Å². The van der Waals surface area contributed by atoms with Crippen LogP contribution in [0.2, 0.25) is 0 Å². The van der Waals surface area contributed by atoms with Gasteiger partial charge in [-0.1, -0.05) is 12.1 Å². The minimum absolute atomic E-state index is 0.0594. The van der Waals surface area contributed by atoms with Gasteiger partial charge in [-0.2, -0.15) is 0 Å². The van der Waals surface area contributed by atoms with Crippen molar-refractivity contribution >= 4 is 39.3 Å². The molecule has 1 heterocycles. The first-order valence-electron chi connectivity index (χ1n) is 7.25. The Morgan fingerprint density at radius 3 is 2.76 bits per heavy atom. The standard InChI is InChI=1S/C17H14FN3O3S/c18-11-2-1-3-12(7-11)21-16-13-6-10(9-25(23)24)4-5-15(13)20-8-14(16)17(19)22/h1-8H,9H2,(H2,19,22)(H,20,21)(H,23,24). The van der Waals surface area contributed by atoms with Gasteiger partial charge in [0.1, 0.15) is 5.82 Å². The van der Waals surface area contributed by atoms with E-state index in [4.69, 9.17) is 10.3 Å². The smallest absolute Gasteiger partial charge is 0.252 e. The predicted octanol–water partition coefficient (Wildman–Crippen LogP) is 2.94. The molecule has 1 aromatic heterocycles. The van der Waals surface area contributed by atoms with Crippen LogP contribution in [0.3, 0.4) is 0 Å². The van der Waals surface area contributed by atoms with E-state index in [0.29, 0.717) is 27.8 Å². The van der Waals surface area contributed by atoms with Gasteiger partial charge in [0.2, 0.25) is 0 Å². The number of hydrogen-bond acceptors (Lipinski definition) is 4. The van der Waals surface area contributed by atoms with Crippen LogP contribution < -0.4 is 11.1 Å². The van der Waals surface area contributed by atoms with E-state index in [1.807, 2.05) is 0 Å². The van der Waals surface area contributed by atoms with Gasteiger partial charge in [0.05, 0.1) is 22.5 Å². The van der Waals surface area contributed by atoms with Crippen LogP contribution in [0.15, 0.2) is 48.7 Å². The maximum Gasteiger partial charge on any atom is 0.252 e. The quantitative estimate of drug-likeness (QED) is 0.608. The first-order valence-corrected chi connectivity index (χ1v) is 8.53. The van der Waals surface area contributed by atoms with Crippen molar-refractivity contribution in [2.24, 2.45) is 5.73 Å². The van der Waals surface area contributed by atoms with Crippen LogP contribution in [0, 0.1) is 5.82 Å². The summed E-state index contributed by atoms with van der Waals surface area (Å²) in [5, 5.41) is 3.54. The third-order valence-electron chi connectivity index (χ3n) is 3.58. The highest BCUT2D eigenvalue weighted by Gasteiger charge is 2.15. The summed E-state index contributed by atoms with van der Waals surface area (Å²) in [6.07, 6.45) is 1.34. The van der Waals surface area contributed by atoms with Crippen LogP contribution in [-0.4, -0.2) is 19.7 Å². The lowest BCUT2D eigenvalue weighted by Gasteiger charge is -2.14. The molecule has 0 aliphatic heterocycles. The van der Waals surface area contributed by atoms with Crippen molar-refractivity contribution in [1.29, 1.82) is 0 Å². The Bertz CT molecular complexity index is 994. The number of aromatic nitrogens is 1. The summed E-state index contributed by atoms with van der Waals surface area (Å²) in [4.78, 5) is 16.0. The number of rotatable bonds is 5. The number of carbonyl (C=O) groups excluding carboxylic acids is 1. The zero-order valence-electron chi connectivity index (χ0n) is 12.9. The summed E-state index contributed by atoms with van der Waals surface area (Å²) in [7, 11) is 0. The number of pyridine rings is 1. The van der Waals surface area contributed by atoms with E-state index >= 15 is 0 Å². The molecule has 0 spiro atoms. The van der Waals surface area contributed by atoms with Gasteiger partial charge in [-0.3, -0.25) is 9.78 Å². The average Bonchev–Trinajstić information content (AvgIpc) is 2.54. The molecule has 3 aromatic rings.